The quantitative estimate of drug-likeness (QED) is 0.502. The molecule has 0 spiro atoms. The van der Waals surface area contributed by atoms with E-state index < -0.39 is 0 Å². The van der Waals surface area contributed by atoms with E-state index in [-0.39, 0.29) is 0 Å². The van der Waals surface area contributed by atoms with E-state index in [1.807, 2.05) is 0 Å². The lowest BCUT2D eigenvalue weighted by Crippen LogP contribution is -2.09. The molecule has 1 aliphatic carbocycles. The highest BCUT2D eigenvalue weighted by Crippen LogP contribution is 2.30. The van der Waals surface area contributed by atoms with Gasteiger partial charge in [-0.2, -0.15) is 0 Å². The molecule has 1 saturated carbocycles. The van der Waals surface area contributed by atoms with Crippen LogP contribution < -0.4 is 0 Å². The Bertz CT molecular complexity index is 455. The second kappa shape index (κ2) is 7.26. The van der Waals surface area contributed by atoms with E-state index in [1.165, 1.54) is 74.5 Å². The summed E-state index contributed by atoms with van der Waals surface area (Å²) in [5.74, 6) is 0.879. The Morgan fingerprint density at radius 1 is 1.05 bits per heavy atom. The lowest BCUT2D eigenvalue weighted by atomic mass is 9.83. The van der Waals surface area contributed by atoms with Crippen LogP contribution in [0.5, 0.6) is 0 Å². The normalized spacial score (nSPS) is 25.0. The predicted molar refractivity (Wildman–Crippen MR) is 88.5 cm³/mol. The van der Waals surface area contributed by atoms with Crippen LogP contribution in [0.3, 0.4) is 0 Å². The molecular weight excluding hydrogens is 256 g/mol. The van der Waals surface area contributed by atoms with Crippen LogP contribution in [0.1, 0.15) is 56.1 Å². The van der Waals surface area contributed by atoms with Crippen molar-refractivity contribution in [3.05, 3.63) is 47.5 Å². The minimum atomic E-state index is 0.578. The van der Waals surface area contributed by atoms with Crippen molar-refractivity contribution in [3.63, 3.8) is 0 Å². The monoisotopic (exact) mass is 284 g/mol. The third kappa shape index (κ3) is 5.00. The fourth-order valence-electron chi connectivity index (χ4n) is 3.51. The van der Waals surface area contributed by atoms with Gasteiger partial charge in [0.25, 0.3) is 0 Å². The van der Waals surface area contributed by atoms with Crippen molar-refractivity contribution >= 4 is 0 Å². The maximum absolute atomic E-state index is 5.26. The Hall–Kier alpha value is -1.08. The van der Waals surface area contributed by atoms with E-state index in [1.54, 1.807) is 0 Å². The fourth-order valence-corrected chi connectivity index (χ4v) is 3.51. The largest absolute Gasteiger partial charge is 0.373 e. The van der Waals surface area contributed by atoms with Crippen LogP contribution in [0.25, 0.3) is 0 Å². The number of benzene rings is 1. The Morgan fingerprint density at radius 2 is 1.76 bits per heavy atom. The molecule has 1 aromatic carbocycles. The number of rotatable bonds is 7. The maximum Gasteiger partial charge on any atom is 0.0810 e. The van der Waals surface area contributed by atoms with Crippen LogP contribution in [0.4, 0.5) is 0 Å². The van der Waals surface area contributed by atoms with Gasteiger partial charge in [0.2, 0.25) is 0 Å². The average Bonchev–Trinajstić information content (AvgIpc) is 3.31. The van der Waals surface area contributed by atoms with Crippen LogP contribution in [-0.2, 0) is 17.6 Å². The average molecular weight is 284 g/mol. The first kappa shape index (κ1) is 14.8. The molecule has 2 atom stereocenters. The third-order valence-corrected chi connectivity index (χ3v) is 4.98. The van der Waals surface area contributed by atoms with Crippen LogP contribution in [0, 0.1) is 5.92 Å². The number of ether oxygens (including phenoxy) is 1. The molecule has 1 saturated heterocycles. The Labute approximate surface area is 129 Å². The third-order valence-electron chi connectivity index (χ3n) is 4.98. The second-order valence-corrected chi connectivity index (χ2v) is 6.92. The minimum absolute atomic E-state index is 0.578. The van der Waals surface area contributed by atoms with Crippen LogP contribution in [0.2, 0.25) is 0 Å². The van der Waals surface area contributed by atoms with Crippen molar-refractivity contribution in [1.82, 2.24) is 0 Å². The van der Waals surface area contributed by atoms with Gasteiger partial charge in [0.15, 0.2) is 0 Å². The van der Waals surface area contributed by atoms with Gasteiger partial charge in [-0.05, 0) is 74.8 Å². The molecule has 114 valence electrons. The highest BCUT2D eigenvalue weighted by molar-refractivity contribution is 5.23. The number of allylic oxidation sites excluding steroid dienone is 1. The molecule has 0 aromatic heterocycles. The SMILES string of the molecule is C=C1CCCC(CCc2ccc(CCCC3CO3)cc2)C1. The van der Waals surface area contributed by atoms with Crippen molar-refractivity contribution in [2.24, 2.45) is 5.92 Å². The highest BCUT2D eigenvalue weighted by atomic mass is 16.6. The van der Waals surface area contributed by atoms with E-state index >= 15 is 0 Å². The molecule has 1 heterocycles. The smallest absolute Gasteiger partial charge is 0.0810 e. The summed E-state index contributed by atoms with van der Waals surface area (Å²) in [6.07, 6.45) is 12.1. The van der Waals surface area contributed by atoms with E-state index in [0.29, 0.717) is 6.10 Å². The summed E-state index contributed by atoms with van der Waals surface area (Å²) < 4.78 is 5.26. The minimum Gasteiger partial charge on any atom is -0.373 e. The highest BCUT2D eigenvalue weighted by Gasteiger charge is 2.21. The van der Waals surface area contributed by atoms with Gasteiger partial charge in [-0.1, -0.05) is 36.4 Å². The Kier molecular flexibility index (Phi) is 5.13. The first-order chi connectivity index (χ1) is 10.3. The van der Waals surface area contributed by atoms with Crippen LogP contribution in [-0.4, -0.2) is 12.7 Å². The Morgan fingerprint density at radius 3 is 2.43 bits per heavy atom. The standard InChI is InChI=1S/C20H28O/c1-16-4-2-6-19(14-16)13-12-18-10-8-17(9-11-18)5-3-7-20-15-21-20/h8-11,19-20H,1-7,12-15H2. The van der Waals surface area contributed by atoms with E-state index in [4.69, 9.17) is 4.74 Å². The predicted octanol–water partition coefficient (Wildman–Crippen LogP) is 5.09. The molecule has 0 N–H and O–H groups in total. The zero-order valence-corrected chi connectivity index (χ0v) is 13.2. The topological polar surface area (TPSA) is 12.5 Å². The van der Waals surface area contributed by atoms with Gasteiger partial charge in [-0.25, -0.2) is 0 Å². The number of hydrogen-bond acceptors (Lipinski definition) is 1. The molecule has 2 aliphatic rings. The van der Waals surface area contributed by atoms with Crippen molar-refractivity contribution in [3.8, 4) is 0 Å². The molecular formula is C20H28O. The van der Waals surface area contributed by atoms with E-state index in [0.717, 1.165) is 12.5 Å². The molecule has 1 nitrogen and oxygen atoms in total. The van der Waals surface area contributed by atoms with E-state index in [9.17, 15) is 0 Å². The van der Waals surface area contributed by atoms with Gasteiger partial charge in [0.1, 0.15) is 0 Å². The fraction of sp³-hybridized carbons (Fsp3) is 0.600. The van der Waals surface area contributed by atoms with Gasteiger partial charge in [-0.3, -0.25) is 0 Å². The van der Waals surface area contributed by atoms with Crippen molar-refractivity contribution in [2.45, 2.75) is 63.9 Å². The molecule has 0 radical (unpaired) electrons. The molecule has 0 bridgehead atoms. The lowest BCUT2D eigenvalue weighted by molar-refractivity contribution is 0.392. The molecule has 1 heteroatoms. The summed E-state index contributed by atoms with van der Waals surface area (Å²) in [5.41, 5.74) is 4.45. The molecule has 0 amide bonds. The number of epoxide rings is 1. The van der Waals surface area contributed by atoms with Crippen molar-refractivity contribution in [1.29, 1.82) is 0 Å². The number of aryl methyl sites for hydroxylation is 2. The van der Waals surface area contributed by atoms with Gasteiger partial charge in [0, 0.05) is 0 Å². The van der Waals surface area contributed by atoms with Gasteiger partial charge in [-0.15, -0.1) is 0 Å². The molecule has 1 aromatic rings. The van der Waals surface area contributed by atoms with Crippen molar-refractivity contribution in [2.75, 3.05) is 6.61 Å². The first-order valence-electron chi connectivity index (χ1n) is 8.65. The zero-order chi connectivity index (χ0) is 14.5. The molecule has 2 unspecified atom stereocenters. The summed E-state index contributed by atoms with van der Waals surface area (Å²) in [7, 11) is 0. The zero-order valence-electron chi connectivity index (χ0n) is 13.2. The molecule has 3 rings (SSSR count). The maximum atomic E-state index is 5.26. The van der Waals surface area contributed by atoms with Crippen molar-refractivity contribution < 1.29 is 4.74 Å². The molecule has 1 aliphatic heterocycles. The lowest BCUT2D eigenvalue weighted by Gasteiger charge is -2.23. The van der Waals surface area contributed by atoms with Gasteiger partial charge >= 0.3 is 0 Å². The second-order valence-electron chi connectivity index (χ2n) is 6.92. The summed E-state index contributed by atoms with van der Waals surface area (Å²) in [5, 5.41) is 0. The summed E-state index contributed by atoms with van der Waals surface area (Å²) >= 11 is 0. The van der Waals surface area contributed by atoms with Gasteiger partial charge in [0.05, 0.1) is 12.7 Å². The summed E-state index contributed by atoms with van der Waals surface area (Å²) in [6, 6.07) is 9.31. The van der Waals surface area contributed by atoms with Crippen LogP contribution >= 0.6 is 0 Å². The van der Waals surface area contributed by atoms with E-state index in [2.05, 4.69) is 30.8 Å². The Balaban J connectivity index is 1.39. The molecule has 2 fully saturated rings. The summed E-state index contributed by atoms with van der Waals surface area (Å²) in [6.45, 7) is 5.16. The number of hydrogen-bond donors (Lipinski definition) is 0. The summed E-state index contributed by atoms with van der Waals surface area (Å²) in [4.78, 5) is 0. The first-order valence-corrected chi connectivity index (χ1v) is 8.65. The molecule has 21 heavy (non-hydrogen) atoms. The van der Waals surface area contributed by atoms with Gasteiger partial charge < -0.3 is 4.74 Å². The van der Waals surface area contributed by atoms with Crippen LogP contribution in [0.15, 0.2) is 36.4 Å².